The Balaban J connectivity index is 2.55. The number of phenolic OH excluding ortho intramolecular Hbond substituents is 1. The van der Waals surface area contributed by atoms with Crippen LogP contribution in [0, 0.1) is 0 Å². The SMILES string of the molecule is CCOC(C)CNCc1cc(Br)c(O)c(OC)c1. The second kappa shape index (κ2) is 7.61. The maximum Gasteiger partial charge on any atom is 0.172 e. The summed E-state index contributed by atoms with van der Waals surface area (Å²) < 4.78 is 11.2. The van der Waals surface area contributed by atoms with Crippen molar-refractivity contribution in [2.24, 2.45) is 0 Å². The summed E-state index contributed by atoms with van der Waals surface area (Å²) in [6.07, 6.45) is 0.192. The van der Waals surface area contributed by atoms with Crippen LogP contribution >= 0.6 is 15.9 Å². The third-order valence-corrected chi connectivity index (χ3v) is 3.12. The molecule has 0 radical (unpaired) electrons. The molecule has 1 aromatic rings. The average molecular weight is 318 g/mol. The Morgan fingerprint density at radius 3 is 2.78 bits per heavy atom. The highest BCUT2D eigenvalue weighted by Gasteiger charge is 2.08. The molecule has 1 unspecified atom stereocenters. The van der Waals surface area contributed by atoms with Crippen LogP contribution in [0.1, 0.15) is 19.4 Å². The molecule has 2 N–H and O–H groups in total. The molecule has 0 saturated heterocycles. The van der Waals surface area contributed by atoms with E-state index in [0.717, 1.165) is 18.7 Å². The van der Waals surface area contributed by atoms with Crippen molar-refractivity contribution in [2.75, 3.05) is 20.3 Å². The van der Waals surface area contributed by atoms with Crippen molar-refractivity contribution in [1.82, 2.24) is 5.32 Å². The summed E-state index contributed by atoms with van der Waals surface area (Å²) in [5.74, 6) is 0.600. The molecule has 0 saturated carbocycles. The lowest BCUT2D eigenvalue weighted by Crippen LogP contribution is -2.26. The summed E-state index contributed by atoms with van der Waals surface area (Å²) in [4.78, 5) is 0. The van der Waals surface area contributed by atoms with Crippen molar-refractivity contribution in [3.63, 3.8) is 0 Å². The van der Waals surface area contributed by atoms with Crippen LogP contribution in [0.3, 0.4) is 0 Å². The Kier molecular flexibility index (Phi) is 6.46. The molecular formula is C13H20BrNO3. The van der Waals surface area contributed by atoms with E-state index in [4.69, 9.17) is 9.47 Å². The molecule has 0 aliphatic carbocycles. The van der Waals surface area contributed by atoms with Crippen molar-refractivity contribution in [2.45, 2.75) is 26.5 Å². The summed E-state index contributed by atoms with van der Waals surface area (Å²) in [5, 5.41) is 13.0. The third-order valence-electron chi connectivity index (χ3n) is 2.52. The second-order valence-corrected chi connectivity index (χ2v) is 4.88. The molecule has 0 heterocycles. The zero-order valence-corrected chi connectivity index (χ0v) is 12.6. The predicted molar refractivity (Wildman–Crippen MR) is 75.2 cm³/mol. The van der Waals surface area contributed by atoms with E-state index >= 15 is 0 Å². The molecule has 0 spiro atoms. The predicted octanol–water partition coefficient (Wildman–Crippen LogP) is 2.68. The Hall–Kier alpha value is -0.780. The van der Waals surface area contributed by atoms with Gasteiger partial charge in [-0.25, -0.2) is 0 Å². The number of benzene rings is 1. The van der Waals surface area contributed by atoms with Gasteiger partial charge in [-0.3, -0.25) is 0 Å². The van der Waals surface area contributed by atoms with Crippen LogP contribution in [0.5, 0.6) is 11.5 Å². The summed E-state index contributed by atoms with van der Waals surface area (Å²) in [5.41, 5.74) is 1.04. The van der Waals surface area contributed by atoms with Crippen molar-refractivity contribution in [3.05, 3.63) is 22.2 Å². The van der Waals surface area contributed by atoms with Crippen molar-refractivity contribution in [1.29, 1.82) is 0 Å². The second-order valence-electron chi connectivity index (χ2n) is 4.03. The first-order valence-electron chi connectivity index (χ1n) is 5.96. The van der Waals surface area contributed by atoms with E-state index in [1.54, 1.807) is 0 Å². The number of phenols is 1. The normalized spacial score (nSPS) is 12.4. The monoisotopic (exact) mass is 317 g/mol. The molecule has 0 aromatic heterocycles. The van der Waals surface area contributed by atoms with Gasteiger partial charge in [0.05, 0.1) is 17.7 Å². The Morgan fingerprint density at radius 1 is 1.44 bits per heavy atom. The van der Waals surface area contributed by atoms with E-state index < -0.39 is 0 Å². The lowest BCUT2D eigenvalue weighted by molar-refractivity contribution is 0.0759. The fraction of sp³-hybridized carbons (Fsp3) is 0.538. The van der Waals surface area contributed by atoms with E-state index in [9.17, 15) is 5.11 Å². The molecule has 5 heteroatoms. The largest absolute Gasteiger partial charge is 0.503 e. The van der Waals surface area contributed by atoms with Gasteiger partial charge in [0, 0.05) is 19.7 Å². The minimum absolute atomic E-state index is 0.129. The maximum atomic E-state index is 9.69. The van der Waals surface area contributed by atoms with Crippen LogP contribution in [0.2, 0.25) is 0 Å². The van der Waals surface area contributed by atoms with Gasteiger partial charge >= 0.3 is 0 Å². The van der Waals surface area contributed by atoms with Gasteiger partial charge in [-0.1, -0.05) is 0 Å². The molecule has 0 aliphatic heterocycles. The molecular weight excluding hydrogens is 298 g/mol. The van der Waals surface area contributed by atoms with E-state index in [2.05, 4.69) is 21.2 Å². The standard InChI is InChI=1S/C13H20BrNO3/c1-4-18-9(2)7-15-8-10-5-11(14)13(16)12(6-10)17-3/h5-6,9,15-16H,4,7-8H2,1-3H3. The number of aromatic hydroxyl groups is 1. The molecule has 18 heavy (non-hydrogen) atoms. The van der Waals surface area contributed by atoms with Crippen LogP contribution < -0.4 is 10.1 Å². The van der Waals surface area contributed by atoms with Crippen molar-refractivity contribution < 1.29 is 14.6 Å². The molecule has 1 aromatic carbocycles. The van der Waals surface area contributed by atoms with Gasteiger partial charge in [-0.2, -0.15) is 0 Å². The minimum atomic E-state index is 0.129. The number of hydrogen-bond donors (Lipinski definition) is 2. The van der Waals surface area contributed by atoms with Crippen LogP contribution in [-0.4, -0.2) is 31.5 Å². The first kappa shape index (κ1) is 15.3. The molecule has 4 nitrogen and oxygen atoms in total. The molecule has 0 fully saturated rings. The quantitative estimate of drug-likeness (QED) is 0.811. The number of halogens is 1. The van der Waals surface area contributed by atoms with E-state index in [1.807, 2.05) is 26.0 Å². The van der Waals surface area contributed by atoms with Crippen molar-refractivity contribution >= 4 is 15.9 Å². The number of hydrogen-bond acceptors (Lipinski definition) is 4. The van der Waals surface area contributed by atoms with Gasteiger partial charge in [0.2, 0.25) is 0 Å². The zero-order chi connectivity index (χ0) is 13.5. The summed E-state index contributed by atoms with van der Waals surface area (Å²) >= 11 is 3.30. The van der Waals surface area contributed by atoms with Crippen LogP contribution in [0.4, 0.5) is 0 Å². The number of rotatable bonds is 7. The topological polar surface area (TPSA) is 50.7 Å². The molecule has 1 rings (SSSR count). The van der Waals surface area contributed by atoms with E-state index in [0.29, 0.717) is 16.8 Å². The van der Waals surface area contributed by atoms with Crippen LogP contribution in [0.15, 0.2) is 16.6 Å². The number of ether oxygens (including phenoxy) is 2. The van der Waals surface area contributed by atoms with Gasteiger partial charge in [-0.05, 0) is 47.5 Å². The van der Waals surface area contributed by atoms with Crippen LogP contribution in [0.25, 0.3) is 0 Å². The summed E-state index contributed by atoms with van der Waals surface area (Å²) in [7, 11) is 1.54. The third kappa shape index (κ3) is 4.48. The van der Waals surface area contributed by atoms with E-state index in [-0.39, 0.29) is 11.9 Å². The lowest BCUT2D eigenvalue weighted by atomic mass is 10.2. The Morgan fingerprint density at radius 2 is 2.17 bits per heavy atom. The Bertz CT molecular complexity index is 385. The Labute approximate surface area is 116 Å². The molecule has 1 atom stereocenters. The van der Waals surface area contributed by atoms with Gasteiger partial charge < -0.3 is 19.9 Å². The lowest BCUT2D eigenvalue weighted by Gasteiger charge is -2.13. The van der Waals surface area contributed by atoms with E-state index in [1.165, 1.54) is 7.11 Å². The number of nitrogens with one attached hydrogen (secondary N) is 1. The summed E-state index contributed by atoms with van der Waals surface area (Å²) in [6, 6.07) is 3.69. The first-order chi connectivity index (χ1) is 8.58. The molecule has 0 bridgehead atoms. The highest BCUT2D eigenvalue weighted by Crippen LogP contribution is 2.35. The zero-order valence-electron chi connectivity index (χ0n) is 11.0. The first-order valence-corrected chi connectivity index (χ1v) is 6.75. The van der Waals surface area contributed by atoms with Gasteiger partial charge in [0.25, 0.3) is 0 Å². The van der Waals surface area contributed by atoms with Gasteiger partial charge in [-0.15, -0.1) is 0 Å². The van der Waals surface area contributed by atoms with Crippen LogP contribution in [-0.2, 0) is 11.3 Å². The minimum Gasteiger partial charge on any atom is -0.503 e. The van der Waals surface area contributed by atoms with Gasteiger partial charge in [0.1, 0.15) is 0 Å². The highest BCUT2D eigenvalue weighted by molar-refractivity contribution is 9.10. The average Bonchev–Trinajstić information content (AvgIpc) is 2.33. The molecule has 0 aliphatic rings. The molecule has 102 valence electrons. The van der Waals surface area contributed by atoms with Crippen molar-refractivity contribution in [3.8, 4) is 11.5 Å². The highest BCUT2D eigenvalue weighted by atomic mass is 79.9. The number of methoxy groups -OCH3 is 1. The molecule has 0 amide bonds. The fourth-order valence-electron chi connectivity index (χ4n) is 1.65. The fourth-order valence-corrected chi connectivity index (χ4v) is 2.14. The maximum absolute atomic E-state index is 9.69. The summed E-state index contributed by atoms with van der Waals surface area (Å²) in [6.45, 7) is 6.23. The van der Waals surface area contributed by atoms with Gasteiger partial charge in [0.15, 0.2) is 11.5 Å². The smallest absolute Gasteiger partial charge is 0.172 e.